The van der Waals surface area contributed by atoms with E-state index >= 15 is 0 Å². The van der Waals surface area contributed by atoms with Crippen LogP contribution in [-0.2, 0) is 9.05 Å². The number of nitrogens with one attached hydrogen (secondary N) is 1. The van der Waals surface area contributed by atoms with E-state index in [1.807, 2.05) is 0 Å². The van der Waals surface area contributed by atoms with Gasteiger partial charge < -0.3 is 5.32 Å². The first-order chi connectivity index (χ1) is 9.79. The van der Waals surface area contributed by atoms with Gasteiger partial charge in [-0.3, -0.25) is 4.79 Å². The molecule has 1 aliphatic carbocycles. The Morgan fingerprint density at radius 2 is 2.14 bits per heavy atom. The first-order valence-electron chi connectivity index (χ1n) is 6.81. The first-order valence-corrected chi connectivity index (χ1v) is 9.12. The molecule has 1 amide bonds. The zero-order valence-electron chi connectivity index (χ0n) is 11.6. The van der Waals surface area contributed by atoms with Crippen molar-refractivity contribution in [2.45, 2.75) is 31.1 Å². The van der Waals surface area contributed by atoms with Crippen molar-refractivity contribution in [3.63, 3.8) is 0 Å². The molecule has 4 nitrogen and oxygen atoms in total. The molecule has 0 aliphatic heterocycles. The van der Waals surface area contributed by atoms with Gasteiger partial charge in [0.25, 0.3) is 15.0 Å². The van der Waals surface area contributed by atoms with E-state index in [-0.39, 0.29) is 10.5 Å². The highest BCUT2D eigenvalue weighted by Gasteiger charge is 2.24. The Balaban J connectivity index is 2.11. The van der Waals surface area contributed by atoms with Crippen molar-refractivity contribution < 1.29 is 17.6 Å². The number of amides is 1. The molecule has 1 aromatic rings. The molecule has 0 bridgehead atoms. The van der Waals surface area contributed by atoms with Crippen LogP contribution < -0.4 is 5.32 Å². The fourth-order valence-electron chi connectivity index (χ4n) is 2.67. The Morgan fingerprint density at radius 3 is 2.71 bits per heavy atom. The Morgan fingerprint density at radius 1 is 1.43 bits per heavy atom. The molecule has 2 unspecified atom stereocenters. The van der Waals surface area contributed by atoms with Crippen LogP contribution in [0.15, 0.2) is 23.1 Å². The summed E-state index contributed by atoms with van der Waals surface area (Å²) in [6, 6.07) is 2.93. The van der Waals surface area contributed by atoms with Crippen molar-refractivity contribution in [2.75, 3.05) is 6.54 Å². The predicted octanol–water partition coefficient (Wildman–Crippen LogP) is 2.92. The number of halogens is 2. The number of benzene rings is 1. The van der Waals surface area contributed by atoms with Crippen LogP contribution in [0.25, 0.3) is 0 Å². The Kier molecular flexibility index (Phi) is 4.88. The summed E-state index contributed by atoms with van der Waals surface area (Å²) in [6.07, 6.45) is 3.31. The van der Waals surface area contributed by atoms with Gasteiger partial charge in [0.05, 0.1) is 10.5 Å². The van der Waals surface area contributed by atoms with E-state index in [9.17, 15) is 17.6 Å². The van der Waals surface area contributed by atoms with Gasteiger partial charge in [-0.25, -0.2) is 12.8 Å². The summed E-state index contributed by atoms with van der Waals surface area (Å²) >= 11 is 0. The molecule has 116 valence electrons. The van der Waals surface area contributed by atoms with Gasteiger partial charge in [-0.05, 0) is 36.5 Å². The molecule has 2 atom stereocenters. The third kappa shape index (κ3) is 3.95. The second-order valence-corrected chi connectivity index (χ2v) is 8.02. The van der Waals surface area contributed by atoms with E-state index in [1.54, 1.807) is 0 Å². The maximum Gasteiger partial charge on any atom is 0.261 e. The molecule has 1 N–H and O–H groups in total. The summed E-state index contributed by atoms with van der Waals surface area (Å²) < 4.78 is 36.2. The van der Waals surface area contributed by atoms with Crippen molar-refractivity contribution in [1.82, 2.24) is 5.32 Å². The summed E-state index contributed by atoms with van der Waals surface area (Å²) in [5.74, 6) is -0.466. The lowest BCUT2D eigenvalue weighted by molar-refractivity contribution is 0.0940. The van der Waals surface area contributed by atoms with Gasteiger partial charge in [-0.1, -0.05) is 19.8 Å². The lowest BCUT2D eigenvalue weighted by Gasteiger charge is -2.16. The van der Waals surface area contributed by atoms with E-state index in [0.29, 0.717) is 18.4 Å². The van der Waals surface area contributed by atoms with E-state index in [1.165, 1.54) is 0 Å². The van der Waals surface area contributed by atoms with E-state index in [2.05, 4.69) is 12.2 Å². The smallest absolute Gasteiger partial charge is 0.261 e. The SMILES string of the molecule is CC1CCCC1CNC(=O)c1cc(S(=O)(=O)Cl)ccc1F. The van der Waals surface area contributed by atoms with Crippen LogP contribution >= 0.6 is 10.7 Å². The van der Waals surface area contributed by atoms with Crippen LogP contribution in [0.3, 0.4) is 0 Å². The predicted molar refractivity (Wildman–Crippen MR) is 78.3 cm³/mol. The first kappa shape index (κ1) is 16.2. The fourth-order valence-corrected chi connectivity index (χ4v) is 3.45. The van der Waals surface area contributed by atoms with Gasteiger partial charge in [0.15, 0.2) is 0 Å². The van der Waals surface area contributed by atoms with Crippen molar-refractivity contribution in [1.29, 1.82) is 0 Å². The minimum absolute atomic E-state index is 0.287. The molecule has 1 aliphatic rings. The highest BCUT2D eigenvalue weighted by atomic mass is 35.7. The van der Waals surface area contributed by atoms with Gasteiger partial charge in [0.2, 0.25) is 0 Å². The molecule has 0 spiro atoms. The lowest BCUT2D eigenvalue weighted by Crippen LogP contribution is -2.31. The van der Waals surface area contributed by atoms with E-state index in [0.717, 1.165) is 37.5 Å². The molecule has 0 aromatic heterocycles. The fraction of sp³-hybridized carbons (Fsp3) is 0.500. The van der Waals surface area contributed by atoms with E-state index < -0.39 is 20.8 Å². The average molecular weight is 334 g/mol. The zero-order chi connectivity index (χ0) is 15.6. The number of hydrogen-bond donors (Lipinski definition) is 1. The molecule has 21 heavy (non-hydrogen) atoms. The van der Waals surface area contributed by atoms with Gasteiger partial charge >= 0.3 is 0 Å². The summed E-state index contributed by atoms with van der Waals surface area (Å²) in [5.41, 5.74) is -0.303. The molecular weight excluding hydrogens is 317 g/mol. The summed E-state index contributed by atoms with van der Waals surface area (Å²) in [5, 5.41) is 2.67. The van der Waals surface area contributed by atoms with Crippen LogP contribution in [0.5, 0.6) is 0 Å². The van der Waals surface area contributed by atoms with Crippen molar-refractivity contribution in [3.05, 3.63) is 29.6 Å². The topological polar surface area (TPSA) is 63.2 Å². The van der Waals surface area contributed by atoms with Gasteiger partial charge in [-0.2, -0.15) is 0 Å². The molecule has 1 aromatic carbocycles. The maximum atomic E-state index is 13.7. The largest absolute Gasteiger partial charge is 0.352 e. The molecule has 1 saturated carbocycles. The third-order valence-electron chi connectivity index (χ3n) is 4.03. The molecular formula is C14H17ClFNO3S. The van der Waals surface area contributed by atoms with Crippen LogP contribution in [0.4, 0.5) is 4.39 Å². The Hall–Kier alpha value is -1.14. The minimum atomic E-state index is -3.99. The Labute approximate surface area is 128 Å². The number of carbonyl (C=O) groups is 1. The second-order valence-electron chi connectivity index (χ2n) is 5.46. The van der Waals surface area contributed by atoms with Crippen LogP contribution in [-0.4, -0.2) is 20.9 Å². The maximum absolute atomic E-state index is 13.7. The summed E-state index contributed by atoms with van der Waals surface area (Å²) in [7, 11) is 1.22. The standard InChI is InChI=1S/C14H17ClFNO3S/c1-9-3-2-4-10(9)8-17-14(18)12-7-11(21(15,19)20)5-6-13(12)16/h5-7,9-10H,2-4,8H2,1H3,(H,17,18). The van der Waals surface area contributed by atoms with Gasteiger partial charge in [0.1, 0.15) is 5.82 Å². The lowest BCUT2D eigenvalue weighted by atomic mass is 9.98. The van der Waals surface area contributed by atoms with Crippen LogP contribution in [0.2, 0.25) is 0 Å². The summed E-state index contributed by atoms with van der Waals surface area (Å²) in [4.78, 5) is 11.7. The van der Waals surface area contributed by atoms with E-state index in [4.69, 9.17) is 10.7 Å². The number of hydrogen-bond acceptors (Lipinski definition) is 3. The van der Waals surface area contributed by atoms with Crippen molar-refractivity contribution in [3.8, 4) is 0 Å². The monoisotopic (exact) mass is 333 g/mol. The molecule has 0 heterocycles. The number of rotatable bonds is 4. The molecule has 2 rings (SSSR count). The molecule has 0 saturated heterocycles. The summed E-state index contributed by atoms with van der Waals surface area (Å²) in [6.45, 7) is 2.60. The highest BCUT2D eigenvalue weighted by Crippen LogP contribution is 2.30. The minimum Gasteiger partial charge on any atom is -0.352 e. The highest BCUT2D eigenvalue weighted by molar-refractivity contribution is 8.13. The van der Waals surface area contributed by atoms with Crippen LogP contribution in [0.1, 0.15) is 36.5 Å². The second kappa shape index (κ2) is 6.32. The third-order valence-corrected chi connectivity index (χ3v) is 5.38. The number of carbonyl (C=O) groups excluding carboxylic acids is 1. The quantitative estimate of drug-likeness (QED) is 0.862. The normalized spacial score (nSPS) is 22.2. The van der Waals surface area contributed by atoms with Crippen molar-refractivity contribution >= 4 is 25.6 Å². The zero-order valence-corrected chi connectivity index (χ0v) is 13.2. The average Bonchev–Trinajstić information content (AvgIpc) is 2.80. The molecule has 0 radical (unpaired) electrons. The van der Waals surface area contributed by atoms with Crippen molar-refractivity contribution in [2.24, 2.45) is 11.8 Å². The molecule has 1 fully saturated rings. The molecule has 7 heteroatoms. The van der Waals surface area contributed by atoms with Crippen LogP contribution in [0, 0.1) is 17.7 Å². The van der Waals surface area contributed by atoms with Gasteiger partial charge in [-0.15, -0.1) is 0 Å². The van der Waals surface area contributed by atoms with Gasteiger partial charge in [0, 0.05) is 17.2 Å². The Bertz CT molecular complexity index is 648.